The largest absolute Gasteiger partial charge is 0.353 e. The lowest BCUT2D eigenvalue weighted by Gasteiger charge is -2.47. The zero-order chi connectivity index (χ0) is 29.1. The number of nitrogens with zero attached hydrogens (tertiary/aromatic N) is 4. The van der Waals surface area contributed by atoms with Crippen molar-refractivity contribution in [1.82, 2.24) is 14.8 Å². The van der Waals surface area contributed by atoms with E-state index in [1.807, 2.05) is 0 Å². The van der Waals surface area contributed by atoms with E-state index >= 15 is 0 Å². The van der Waals surface area contributed by atoms with Gasteiger partial charge in [0.25, 0.3) is 10.0 Å². The predicted octanol–water partition coefficient (Wildman–Crippen LogP) is 6.55. The van der Waals surface area contributed by atoms with Gasteiger partial charge in [-0.25, -0.2) is 17.8 Å². The van der Waals surface area contributed by atoms with Crippen LogP contribution in [0.25, 0.3) is 0 Å². The molecule has 0 saturated carbocycles. The standard InChI is InChI=1S/C29H33Cl3FN5O2S/c1-2-24-19-37(29-27(32)16-23(17-34-29)35-41(39,40)26-7-5-21(30)6-8-26)13-14-38(24)25-9-11-36(12-10-25)18-20-3-4-22(31)15-28(20)33/h3-8,15-17,24-25,35H,2,9-14,18-19H2,1H3/t24-/m0/s1. The molecule has 3 heterocycles. The number of anilines is 2. The Bertz CT molecular complexity index is 1470. The minimum absolute atomic E-state index is 0.104. The zero-order valence-electron chi connectivity index (χ0n) is 22.7. The van der Waals surface area contributed by atoms with E-state index in [0.717, 1.165) is 52.0 Å². The molecule has 220 valence electrons. The van der Waals surface area contributed by atoms with Crippen molar-refractivity contribution in [3.05, 3.63) is 81.2 Å². The molecule has 0 unspecified atom stereocenters. The lowest BCUT2D eigenvalue weighted by molar-refractivity contribution is 0.0607. The molecular formula is C29H33Cl3FN5O2S. The highest BCUT2D eigenvalue weighted by atomic mass is 35.5. The molecule has 0 radical (unpaired) electrons. The molecular weight excluding hydrogens is 608 g/mol. The van der Waals surface area contributed by atoms with Crippen LogP contribution < -0.4 is 9.62 Å². The molecule has 41 heavy (non-hydrogen) atoms. The number of benzene rings is 2. The number of halogens is 4. The first kappa shape index (κ1) is 30.3. The van der Waals surface area contributed by atoms with E-state index in [1.54, 1.807) is 18.2 Å². The molecule has 2 aromatic carbocycles. The molecule has 1 N–H and O–H groups in total. The summed E-state index contributed by atoms with van der Waals surface area (Å²) in [6.45, 7) is 7.08. The van der Waals surface area contributed by atoms with E-state index in [0.29, 0.717) is 50.8 Å². The molecule has 2 saturated heterocycles. The molecule has 1 aromatic heterocycles. The minimum Gasteiger partial charge on any atom is -0.353 e. The Labute approximate surface area is 256 Å². The van der Waals surface area contributed by atoms with E-state index in [1.165, 1.54) is 36.5 Å². The van der Waals surface area contributed by atoms with Crippen molar-refractivity contribution in [2.24, 2.45) is 0 Å². The van der Waals surface area contributed by atoms with E-state index in [2.05, 4.69) is 31.3 Å². The normalized spacial score (nSPS) is 19.4. The van der Waals surface area contributed by atoms with Crippen molar-refractivity contribution in [1.29, 1.82) is 0 Å². The van der Waals surface area contributed by atoms with Crippen LogP contribution in [0.2, 0.25) is 15.1 Å². The second kappa shape index (κ2) is 13.0. The Morgan fingerprint density at radius 2 is 1.68 bits per heavy atom. The van der Waals surface area contributed by atoms with Crippen molar-refractivity contribution in [2.45, 2.75) is 49.7 Å². The maximum atomic E-state index is 14.3. The molecule has 3 aromatic rings. The van der Waals surface area contributed by atoms with Gasteiger partial charge in [0.05, 0.1) is 21.8 Å². The molecule has 2 fully saturated rings. The molecule has 2 aliphatic rings. The summed E-state index contributed by atoms with van der Waals surface area (Å²) in [6, 6.07) is 13.3. The summed E-state index contributed by atoms with van der Waals surface area (Å²) in [6.07, 6.45) is 4.56. The summed E-state index contributed by atoms with van der Waals surface area (Å²) in [5.74, 6) is 0.403. The van der Waals surface area contributed by atoms with Crippen LogP contribution in [-0.2, 0) is 16.6 Å². The third kappa shape index (κ3) is 7.27. The van der Waals surface area contributed by atoms with Crippen LogP contribution in [0, 0.1) is 5.82 Å². The zero-order valence-corrected chi connectivity index (χ0v) is 25.8. The summed E-state index contributed by atoms with van der Waals surface area (Å²) in [5.41, 5.74) is 0.977. The Kier molecular flexibility index (Phi) is 9.63. The molecule has 0 bridgehead atoms. The highest BCUT2D eigenvalue weighted by Gasteiger charge is 2.34. The Morgan fingerprint density at radius 3 is 2.34 bits per heavy atom. The van der Waals surface area contributed by atoms with Crippen molar-refractivity contribution < 1.29 is 12.8 Å². The lowest BCUT2D eigenvalue weighted by atomic mass is 9.97. The highest BCUT2D eigenvalue weighted by Crippen LogP contribution is 2.31. The van der Waals surface area contributed by atoms with Gasteiger partial charge < -0.3 is 4.90 Å². The topological polar surface area (TPSA) is 68.8 Å². The van der Waals surface area contributed by atoms with Crippen LogP contribution in [0.4, 0.5) is 15.9 Å². The van der Waals surface area contributed by atoms with Crippen LogP contribution >= 0.6 is 34.8 Å². The molecule has 0 spiro atoms. The lowest BCUT2D eigenvalue weighted by Crippen LogP contribution is -2.58. The molecule has 1 atom stereocenters. The van der Waals surface area contributed by atoms with Crippen LogP contribution in [0.15, 0.2) is 59.6 Å². The van der Waals surface area contributed by atoms with Gasteiger partial charge in [0, 0.05) is 53.9 Å². The van der Waals surface area contributed by atoms with Crippen LogP contribution in [0.1, 0.15) is 31.7 Å². The van der Waals surface area contributed by atoms with Crippen molar-refractivity contribution in [3.63, 3.8) is 0 Å². The average molecular weight is 641 g/mol. The average Bonchev–Trinajstić information content (AvgIpc) is 2.95. The number of rotatable bonds is 8. The van der Waals surface area contributed by atoms with Crippen molar-refractivity contribution >= 4 is 56.3 Å². The fourth-order valence-corrected chi connectivity index (χ4v) is 7.36. The van der Waals surface area contributed by atoms with Gasteiger partial charge in [0.1, 0.15) is 11.6 Å². The monoisotopic (exact) mass is 639 g/mol. The number of piperazine rings is 1. The predicted molar refractivity (Wildman–Crippen MR) is 164 cm³/mol. The van der Waals surface area contributed by atoms with Crippen LogP contribution in [0.5, 0.6) is 0 Å². The van der Waals surface area contributed by atoms with E-state index in [4.69, 9.17) is 34.8 Å². The first-order chi connectivity index (χ1) is 19.6. The van der Waals surface area contributed by atoms with Gasteiger partial charge >= 0.3 is 0 Å². The fraction of sp³-hybridized carbons (Fsp3) is 0.414. The van der Waals surface area contributed by atoms with Crippen LogP contribution in [-0.4, -0.2) is 68.0 Å². The molecule has 5 rings (SSSR count). The number of aromatic nitrogens is 1. The molecule has 2 aliphatic heterocycles. The summed E-state index contributed by atoms with van der Waals surface area (Å²) in [4.78, 5) is 11.8. The first-order valence-corrected chi connectivity index (χ1v) is 16.4. The molecule has 7 nitrogen and oxygen atoms in total. The minimum atomic E-state index is -3.80. The van der Waals surface area contributed by atoms with Crippen LogP contribution in [0.3, 0.4) is 0 Å². The van der Waals surface area contributed by atoms with Gasteiger partial charge in [-0.1, -0.05) is 47.8 Å². The molecule has 0 amide bonds. The summed E-state index contributed by atoms with van der Waals surface area (Å²) in [7, 11) is -3.80. The number of pyridine rings is 1. The van der Waals surface area contributed by atoms with Gasteiger partial charge in [-0.3, -0.25) is 14.5 Å². The quantitative estimate of drug-likeness (QED) is 0.301. The Balaban J connectivity index is 1.18. The Morgan fingerprint density at radius 1 is 0.976 bits per heavy atom. The van der Waals surface area contributed by atoms with Gasteiger partial charge in [-0.05, 0) is 74.8 Å². The SMILES string of the molecule is CC[C@H]1CN(c2ncc(NS(=O)(=O)c3ccc(Cl)cc3)cc2Cl)CCN1C1CCN(Cc2ccc(Cl)cc2F)CC1. The van der Waals surface area contributed by atoms with E-state index < -0.39 is 10.0 Å². The molecule has 0 aliphatic carbocycles. The summed E-state index contributed by atoms with van der Waals surface area (Å²) < 4.78 is 42.3. The number of hydrogen-bond acceptors (Lipinski definition) is 6. The van der Waals surface area contributed by atoms with Crippen molar-refractivity contribution in [3.8, 4) is 0 Å². The smallest absolute Gasteiger partial charge is 0.261 e. The third-order valence-corrected chi connectivity index (χ3v) is 10.1. The summed E-state index contributed by atoms with van der Waals surface area (Å²) in [5, 5.41) is 1.27. The van der Waals surface area contributed by atoms with Gasteiger partial charge in [0.15, 0.2) is 0 Å². The van der Waals surface area contributed by atoms with Gasteiger partial charge in [0.2, 0.25) is 0 Å². The second-order valence-electron chi connectivity index (χ2n) is 10.6. The number of hydrogen-bond donors (Lipinski definition) is 1. The van der Waals surface area contributed by atoms with Gasteiger partial charge in [-0.15, -0.1) is 0 Å². The highest BCUT2D eigenvalue weighted by molar-refractivity contribution is 7.92. The number of likely N-dealkylation sites (tertiary alicyclic amines) is 1. The molecule has 12 heteroatoms. The maximum absolute atomic E-state index is 14.3. The van der Waals surface area contributed by atoms with Crippen molar-refractivity contribution in [2.75, 3.05) is 42.3 Å². The second-order valence-corrected chi connectivity index (χ2v) is 13.5. The summed E-state index contributed by atoms with van der Waals surface area (Å²) >= 11 is 18.4. The first-order valence-electron chi connectivity index (χ1n) is 13.7. The Hall–Kier alpha value is -2.14. The fourth-order valence-electron chi connectivity index (χ4n) is 5.75. The van der Waals surface area contributed by atoms with E-state index in [9.17, 15) is 12.8 Å². The number of sulfonamides is 1. The third-order valence-electron chi connectivity index (χ3n) is 7.93. The maximum Gasteiger partial charge on any atom is 0.261 e. The van der Waals surface area contributed by atoms with E-state index in [-0.39, 0.29) is 10.7 Å². The van der Waals surface area contributed by atoms with Gasteiger partial charge in [-0.2, -0.15) is 0 Å². The number of piperidine rings is 1. The number of nitrogens with one attached hydrogen (secondary N) is 1.